The molecule has 0 aliphatic carbocycles. The average Bonchev–Trinajstić information content (AvgIpc) is 3.35. The van der Waals surface area contributed by atoms with Gasteiger partial charge >= 0.3 is 0 Å². The molecule has 7 heteroatoms. The summed E-state index contributed by atoms with van der Waals surface area (Å²) in [5.41, 5.74) is 2.75. The van der Waals surface area contributed by atoms with Crippen LogP contribution in [0.5, 0.6) is 5.75 Å². The second kappa shape index (κ2) is 7.33. The maximum absolute atomic E-state index is 12.4. The molecule has 27 heavy (non-hydrogen) atoms. The molecule has 1 amide bonds. The van der Waals surface area contributed by atoms with Crippen molar-refractivity contribution in [1.82, 2.24) is 20.1 Å². The van der Waals surface area contributed by atoms with Crippen molar-refractivity contribution in [3.63, 3.8) is 0 Å². The van der Waals surface area contributed by atoms with Gasteiger partial charge in [0, 0.05) is 23.6 Å². The minimum Gasteiger partial charge on any atom is -0.497 e. The SMILES string of the molecule is COc1ccc(CNC(=O)Cn2cc(-c3nnco3)c3ccccc32)cc1. The number of nitrogens with one attached hydrogen (secondary N) is 1. The van der Waals surface area contributed by atoms with Crippen molar-refractivity contribution >= 4 is 16.8 Å². The summed E-state index contributed by atoms with van der Waals surface area (Å²) in [6.07, 6.45) is 3.16. The van der Waals surface area contributed by atoms with Crippen LogP contribution in [-0.2, 0) is 17.9 Å². The van der Waals surface area contributed by atoms with Crippen LogP contribution >= 0.6 is 0 Å². The van der Waals surface area contributed by atoms with Crippen LogP contribution in [0.1, 0.15) is 5.56 Å². The lowest BCUT2D eigenvalue weighted by atomic mass is 10.2. The van der Waals surface area contributed by atoms with Gasteiger partial charge in [-0.2, -0.15) is 0 Å². The summed E-state index contributed by atoms with van der Waals surface area (Å²) in [4.78, 5) is 12.4. The summed E-state index contributed by atoms with van der Waals surface area (Å²) < 4.78 is 12.4. The lowest BCUT2D eigenvalue weighted by Crippen LogP contribution is -2.26. The molecule has 7 nitrogen and oxygen atoms in total. The van der Waals surface area contributed by atoms with Gasteiger partial charge < -0.3 is 19.0 Å². The predicted molar refractivity (Wildman–Crippen MR) is 100 cm³/mol. The lowest BCUT2D eigenvalue weighted by Gasteiger charge is -2.08. The number of rotatable bonds is 6. The fourth-order valence-corrected chi connectivity index (χ4v) is 2.99. The van der Waals surface area contributed by atoms with Crippen LogP contribution in [0.25, 0.3) is 22.4 Å². The Bertz CT molecular complexity index is 1050. The zero-order valence-corrected chi connectivity index (χ0v) is 14.8. The van der Waals surface area contributed by atoms with Crippen LogP contribution in [-0.4, -0.2) is 27.8 Å². The normalized spacial score (nSPS) is 10.9. The van der Waals surface area contributed by atoms with Crippen LogP contribution in [0.3, 0.4) is 0 Å². The molecule has 0 atom stereocenters. The van der Waals surface area contributed by atoms with Crippen LogP contribution in [0.2, 0.25) is 0 Å². The Morgan fingerprint density at radius 1 is 1.19 bits per heavy atom. The molecule has 0 radical (unpaired) electrons. The average molecular weight is 362 g/mol. The van der Waals surface area contributed by atoms with Gasteiger partial charge in [-0.1, -0.05) is 30.3 Å². The molecule has 0 unspecified atom stereocenters. The van der Waals surface area contributed by atoms with Crippen molar-refractivity contribution in [2.75, 3.05) is 7.11 Å². The quantitative estimate of drug-likeness (QED) is 0.570. The number of carbonyl (C=O) groups excluding carboxylic acids is 1. The number of fused-ring (bicyclic) bond motifs is 1. The molecule has 2 heterocycles. The van der Waals surface area contributed by atoms with Crippen molar-refractivity contribution in [2.45, 2.75) is 13.1 Å². The Morgan fingerprint density at radius 3 is 2.74 bits per heavy atom. The molecule has 2 aromatic carbocycles. The highest BCUT2D eigenvalue weighted by atomic mass is 16.5. The molecule has 0 aliphatic heterocycles. The summed E-state index contributed by atoms with van der Waals surface area (Å²) in [5, 5.41) is 11.6. The first-order chi connectivity index (χ1) is 13.2. The van der Waals surface area contributed by atoms with Gasteiger partial charge in [-0.15, -0.1) is 10.2 Å². The van der Waals surface area contributed by atoms with Gasteiger partial charge in [-0.25, -0.2) is 0 Å². The van der Waals surface area contributed by atoms with E-state index >= 15 is 0 Å². The molecule has 4 rings (SSSR count). The van der Waals surface area contributed by atoms with Crippen LogP contribution in [0.15, 0.2) is 65.5 Å². The van der Waals surface area contributed by atoms with E-state index in [0.29, 0.717) is 12.4 Å². The van der Waals surface area contributed by atoms with E-state index in [9.17, 15) is 4.79 Å². The first-order valence-electron chi connectivity index (χ1n) is 8.48. The number of amides is 1. The van der Waals surface area contributed by atoms with Gasteiger partial charge in [0.1, 0.15) is 12.3 Å². The van der Waals surface area contributed by atoms with Crippen molar-refractivity contribution in [3.8, 4) is 17.2 Å². The van der Waals surface area contributed by atoms with Crippen molar-refractivity contribution in [1.29, 1.82) is 0 Å². The Kier molecular flexibility index (Phi) is 4.57. The third-order valence-corrected chi connectivity index (χ3v) is 4.34. The summed E-state index contributed by atoms with van der Waals surface area (Å²) in [6.45, 7) is 0.656. The maximum Gasteiger partial charge on any atom is 0.249 e. The van der Waals surface area contributed by atoms with Crippen molar-refractivity contribution < 1.29 is 13.9 Å². The Morgan fingerprint density at radius 2 is 2.00 bits per heavy atom. The number of ether oxygens (including phenoxy) is 1. The highest BCUT2D eigenvalue weighted by Gasteiger charge is 2.15. The zero-order valence-electron chi connectivity index (χ0n) is 14.8. The van der Waals surface area contributed by atoms with Crippen LogP contribution in [0.4, 0.5) is 0 Å². The standard InChI is InChI=1S/C20H18N4O3/c1-26-15-8-6-14(7-9-15)10-21-19(25)12-24-11-17(20-23-22-13-27-20)16-4-2-3-5-18(16)24/h2-9,11,13H,10,12H2,1H3,(H,21,25). The number of aromatic nitrogens is 3. The second-order valence-corrected chi connectivity index (χ2v) is 6.06. The highest BCUT2D eigenvalue weighted by molar-refractivity contribution is 5.94. The largest absolute Gasteiger partial charge is 0.497 e. The third-order valence-electron chi connectivity index (χ3n) is 4.34. The predicted octanol–water partition coefficient (Wildman–Crippen LogP) is 3.02. The molecule has 0 aliphatic rings. The maximum atomic E-state index is 12.4. The number of para-hydroxylation sites is 1. The van der Waals surface area contributed by atoms with Gasteiger partial charge in [0.25, 0.3) is 0 Å². The topological polar surface area (TPSA) is 82.2 Å². The number of hydrogen-bond donors (Lipinski definition) is 1. The summed E-state index contributed by atoms with van der Waals surface area (Å²) in [7, 11) is 1.63. The number of hydrogen-bond acceptors (Lipinski definition) is 5. The van der Waals surface area contributed by atoms with E-state index < -0.39 is 0 Å². The minimum absolute atomic E-state index is 0.0800. The minimum atomic E-state index is -0.0800. The molecule has 0 saturated heterocycles. The summed E-state index contributed by atoms with van der Waals surface area (Å²) in [6, 6.07) is 15.4. The molecular formula is C20H18N4O3. The first-order valence-corrected chi connectivity index (χ1v) is 8.48. The number of nitrogens with zero attached hydrogens (tertiary/aromatic N) is 3. The van der Waals surface area contributed by atoms with E-state index in [4.69, 9.17) is 9.15 Å². The summed E-state index contributed by atoms with van der Waals surface area (Å²) >= 11 is 0. The molecule has 136 valence electrons. The van der Waals surface area contributed by atoms with Gasteiger partial charge in [-0.3, -0.25) is 4.79 Å². The van der Waals surface area contributed by atoms with Crippen molar-refractivity contribution in [2.24, 2.45) is 0 Å². The van der Waals surface area contributed by atoms with E-state index in [0.717, 1.165) is 27.8 Å². The van der Waals surface area contributed by atoms with Gasteiger partial charge in [0.05, 0.1) is 12.7 Å². The molecule has 0 saturated carbocycles. The van der Waals surface area contributed by atoms with Gasteiger partial charge in [-0.05, 0) is 23.8 Å². The molecule has 0 bridgehead atoms. The van der Waals surface area contributed by atoms with Crippen molar-refractivity contribution in [3.05, 3.63) is 66.7 Å². The molecule has 1 N–H and O–H groups in total. The Hall–Kier alpha value is -3.61. The van der Waals surface area contributed by atoms with E-state index in [1.54, 1.807) is 7.11 Å². The number of benzene rings is 2. The van der Waals surface area contributed by atoms with E-state index in [-0.39, 0.29) is 12.5 Å². The van der Waals surface area contributed by atoms with E-state index in [2.05, 4.69) is 15.5 Å². The van der Waals surface area contributed by atoms with Crippen LogP contribution in [0, 0.1) is 0 Å². The van der Waals surface area contributed by atoms with Crippen LogP contribution < -0.4 is 10.1 Å². The number of methoxy groups -OCH3 is 1. The van der Waals surface area contributed by atoms with E-state index in [1.165, 1.54) is 6.39 Å². The smallest absolute Gasteiger partial charge is 0.249 e. The monoisotopic (exact) mass is 362 g/mol. The van der Waals surface area contributed by atoms with Gasteiger partial charge in [0.2, 0.25) is 18.2 Å². The fraction of sp³-hybridized carbons (Fsp3) is 0.150. The van der Waals surface area contributed by atoms with E-state index in [1.807, 2.05) is 59.3 Å². The summed E-state index contributed by atoms with van der Waals surface area (Å²) in [5.74, 6) is 1.14. The first kappa shape index (κ1) is 16.8. The Balaban J connectivity index is 1.50. The Labute approximate surface area is 155 Å². The highest BCUT2D eigenvalue weighted by Crippen LogP contribution is 2.29. The molecule has 2 aromatic heterocycles. The molecule has 4 aromatic rings. The molecular weight excluding hydrogens is 344 g/mol. The third kappa shape index (κ3) is 3.52. The molecule has 0 fully saturated rings. The zero-order chi connectivity index (χ0) is 18.6. The van der Waals surface area contributed by atoms with Gasteiger partial charge in [0.15, 0.2) is 0 Å². The number of carbonyl (C=O) groups is 1. The lowest BCUT2D eigenvalue weighted by molar-refractivity contribution is -0.121. The fourth-order valence-electron chi connectivity index (χ4n) is 2.99. The second-order valence-electron chi connectivity index (χ2n) is 6.06. The molecule has 0 spiro atoms.